The molecule has 1 aliphatic heterocycles. The molecule has 6 heteroatoms. The van der Waals surface area contributed by atoms with Crippen LogP contribution in [0.15, 0.2) is 24.3 Å². The van der Waals surface area contributed by atoms with E-state index in [0.717, 1.165) is 31.5 Å². The number of esters is 1. The molecule has 2 aromatic rings. The molecule has 0 saturated heterocycles. The summed E-state index contributed by atoms with van der Waals surface area (Å²) in [6.45, 7) is 2.81. The van der Waals surface area contributed by atoms with Crippen molar-refractivity contribution < 1.29 is 19.4 Å². The highest BCUT2D eigenvalue weighted by Crippen LogP contribution is 2.34. The molecule has 5 nitrogen and oxygen atoms in total. The van der Waals surface area contributed by atoms with Crippen LogP contribution < -0.4 is 0 Å². The Hall–Kier alpha value is -2.27. The highest BCUT2D eigenvalue weighted by atomic mass is 35.5. The van der Waals surface area contributed by atoms with Crippen molar-refractivity contribution in [2.45, 2.75) is 32.7 Å². The second-order valence-electron chi connectivity index (χ2n) is 5.71. The highest BCUT2D eigenvalue weighted by Gasteiger charge is 2.26. The molecule has 0 amide bonds. The number of ether oxygens (including phenoxy) is 1. The van der Waals surface area contributed by atoms with Crippen molar-refractivity contribution in [3.63, 3.8) is 0 Å². The lowest BCUT2D eigenvalue weighted by Crippen LogP contribution is -2.15. The van der Waals surface area contributed by atoms with E-state index in [0.29, 0.717) is 28.5 Å². The number of carboxylic acid groups (broad SMARTS) is 1. The topological polar surface area (TPSA) is 68.5 Å². The van der Waals surface area contributed by atoms with Crippen LogP contribution in [0.1, 0.15) is 46.2 Å². The molecule has 0 saturated carbocycles. The first kappa shape index (κ1) is 16.6. The van der Waals surface area contributed by atoms with Gasteiger partial charge >= 0.3 is 11.9 Å². The zero-order valence-corrected chi connectivity index (χ0v) is 14.1. The first-order valence-corrected chi connectivity index (χ1v) is 8.33. The van der Waals surface area contributed by atoms with Crippen LogP contribution in [0, 0.1) is 0 Å². The van der Waals surface area contributed by atoms with Crippen LogP contribution in [0.25, 0.3) is 11.3 Å². The largest absolute Gasteiger partial charge is 0.478 e. The maximum atomic E-state index is 12.3. The van der Waals surface area contributed by atoms with Crippen LogP contribution in [0.5, 0.6) is 0 Å². The first-order chi connectivity index (χ1) is 11.5. The van der Waals surface area contributed by atoms with Gasteiger partial charge in [-0.3, -0.25) is 0 Å². The normalized spacial score (nSPS) is 13.4. The minimum Gasteiger partial charge on any atom is -0.478 e. The number of hydrogen-bond donors (Lipinski definition) is 1. The van der Waals surface area contributed by atoms with Gasteiger partial charge in [-0.15, -0.1) is 0 Å². The Labute approximate surface area is 144 Å². The Kier molecular flexibility index (Phi) is 4.62. The summed E-state index contributed by atoms with van der Waals surface area (Å²) in [5, 5.41) is 9.94. The summed E-state index contributed by atoms with van der Waals surface area (Å²) >= 11 is 6.08. The van der Waals surface area contributed by atoms with Gasteiger partial charge in [0.1, 0.15) is 0 Å². The molecule has 1 N–H and O–H groups in total. The second-order valence-corrected chi connectivity index (χ2v) is 6.15. The number of hydrogen-bond acceptors (Lipinski definition) is 3. The number of rotatable bonds is 4. The number of carboxylic acids is 1. The van der Waals surface area contributed by atoms with Crippen LogP contribution in [0.3, 0.4) is 0 Å². The van der Waals surface area contributed by atoms with E-state index in [4.69, 9.17) is 16.3 Å². The number of benzene rings is 1. The van der Waals surface area contributed by atoms with Crippen LogP contribution in [0.4, 0.5) is 0 Å². The Morgan fingerprint density at radius 1 is 1.25 bits per heavy atom. The molecular formula is C18H18ClNO4. The molecule has 0 bridgehead atoms. The number of aromatic nitrogens is 1. The SMILES string of the molecule is CCOC(=O)c1cc(-c2cc(Cl)ccc2C(=O)O)n2c1CCCC2. The van der Waals surface area contributed by atoms with E-state index in [1.165, 1.54) is 6.07 Å². The summed E-state index contributed by atoms with van der Waals surface area (Å²) in [6.07, 6.45) is 2.76. The fraction of sp³-hybridized carbons (Fsp3) is 0.333. The number of nitrogens with zero attached hydrogens (tertiary/aromatic N) is 1. The molecule has 1 aromatic heterocycles. The molecule has 0 spiro atoms. The minimum atomic E-state index is -1.02. The number of aromatic carboxylic acids is 1. The Balaban J connectivity index is 2.21. The third kappa shape index (κ3) is 2.91. The van der Waals surface area contributed by atoms with Crippen LogP contribution in [-0.4, -0.2) is 28.2 Å². The predicted molar refractivity (Wildman–Crippen MR) is 90.7 cm³/mol. The lowest BCUT2D eigenvalue weighted by atomic mass is 10.0. The molecule has 0 radical (unpaired) electrons. The minimum absolute atomic E-state index is 0.167. The monoisotopic (exact) mass is 347 g/mol. The van der Waals surface area contributed by atoms with Crippen molar-refractivity contribution in [3.8, 4) is 11.3 Å². The van der Waals surface area contributed by atoms with Gasteiger partial charge in [0.05, 0.1) is 23.4 Å². The summed E-state index contributed by atoms with van der Waals surface area (Å²) in [5.41, 5.74) is 2.82. The number of halogens is 1. The molecule has 0 fully saturated rings. The molecule has 0 atom stereocenters. The van der Waals surface area contributed by atoms with Crippen LogP contribution in [0.2, 0.25) is 5.02 Å². The maximum Gasteiger partial charge on any atom is 0.339 e. The molecule has 0 aliphatic carbocycles. The Bertz CT molecular complexity index is 810. The smallest absolute Gasteiger partial charge is 0.339 e. The Morgan fingerprint density at radius 3 is 2.75 bits per heavy atom. The van der Waals surface area contributed by atoms with Gasteiger partial charge in [0.15, 0.2) is 0 Å². The molecule has 126 valence electrons. The predicted octanol–water partition coefficient (Wildman–Crippen LogP) is 4.02. The van der Waals surface area contributed by atoms with E-state index in [1.807, 2.05) is 4.57 Å². The zero-order chi connectivity index (χ0) is 17.3. The van der Waals surface area contributed by atoms with E-state index < -0.39 is 5.97 Å². The van der Waals surface area contributed by atoms with Gasteiger partial charge in [0, 0.05) is 22.8 Å². The third-order valence-corrected chi connectivity index (χ3v) is 4.47. The van der Waals surface area contributed by atoms with E-state index >= 15 is 0 Å². The first-order valence-electron chi connectivity index (χ1n) is 7.95. The summed E-state index contributed by atoms with van der Waals surface area (Å²) in [6, 6.07) is 6.42. The summed E-state index contributed by atoms with van der Waals surface area (Å²) in [5.74, 6) is -1.39. The molecule has 0 unspecified atom stereocenters. The standard InChI is InChI=1S/C18H18ClNO4/c1-2-24-18(23)14-10-16(20-8-4-3-5-15(14)20)13-9-11(19)6-7-12(13)17(21)22/h6-7,9-10H,2-5,8H2,1H3,(H,21,22). The average molecular weight is 348 g/mol. The average Bonchev–Trinajstić information content (AvgIpc) is 2.94. The van der Waals surface area contributed by atoms with E-state index in [-0.39, 0.29) is 11.5 Å². The molecule has 1 aromatic carbocycles. The third-order valence-electron chi connectivity index (χ3n) is 4.24. The van der Waals surface area contributed by atoms with E-state index in [9.17, 15) is 14.7 Å². The van der Waals surface area contributed by atoms with Crippen molar-refractivity contribution in [1.29, 1.82) is 0 Å². The van der Waals surface area contributed by atoms with Gasteiger partial charge in [-0.1, -0.05) is 11.6 Å². The molecule has 24 heavy (non-hydrogen) atoms. The fourth-order valence-electron chi connectivity index (χ4n) is 3.20. The highest BCUT2D eigenvalue weighted by molar-refractivity contribution is 6.31. The van der Waals surface area contributed by atoms with Crippen LogP contribution in [-0.2, 0) is 17.7 Å². The van der Waals surface area contributed by atoms with Crippen molar-refractivity contribution in [2.75, 3.05) is 6.61 Å². The second kappa shape index (κ2) is 6.69. The summed E-state index contributed by atoms with van der Waals surface area (Å²) < 4.78 is 7.17. The zero-order valence-electron chi connectivity index (χ0n) is 13.3. The number of carbonyl (C=O) groups excluding carboxylic acids is 1. The molecular weight excluding hydrogens is 330 g/mol. The van der Waals surface area contributed by atoms with Crippen molar-refractivity contribution in [3.05, 3.63) is 46.1 Å². The maximum absolute atomic E-state index is 12.3. The number of carbonyl (C=O) groups is 2. The van der Waals surface area contributed by atoms with Crippen molar-refractivity contribution in [2.24, 2.45) is 0 Å². The number of fused-ring (bicyclic) bond motifs is 1. The summed E-state index contributed by atoms with van der Waals surface area (Å²) in [7, 11) is 0. The lowest BCUT2D eigenvalue weighted by Gasteiger charge is -2.19. The van der Waals surface area contributed by atoms with Gasteiger partial charge in [0.2, 0.25) is 0 Å². The lowest BCUT2D eigenvalue weighted by molar-refractivity contribution is 0.0524. The van der Waals surface area contributed by atoms with Crippen LogP contribution >= 0.6 is 11.6 Å². The Morgan fingerprint density at radius 2 is 2.04 bits per heavy atom. The summed E-state index contributed by atoms with van der Waals surface area (Å²) in [4.78, 5) is 23.8. The van der Waals surface area contributed by atoms with E-state index in [2.05, 4.69) is 0 Å². The van der Waals surface area contributed by atoms with Crippen molar-refractivity contribution in [1.82, 2.24) is 4.57 Å². The van der Waals surface area contributed by atoms with Gasteiger partial charge in [-0.25, -0.2) is 9.59 Å². The molecule has 1 aliphatic rings. The van der Waals surface area contributed by atoms with Gasteiger partial charge in [0.25, 0.3) is 0 Å². The molecule has 3 rings (SSSR count). The van der Waals surface area contributed by atoms with E-state index in [1.54, 1.807) is 25.1 Å². The van der Waals surface area contributed by atoms with Gasteiger partial charge in [-0.05, 0) is 50.5 Å². The molecule has 2 heterocycles. The van der Waals surface area contributed by atoms with Crippen molar-refractivity contribution >= 4 is 23.5 Å². The van der Waals surface area contributed by atoms with Gasteiger partial charge < -0.3 is 14.4 Å². The van der Waals surface area contributed by atoms with Gasteiger partial charge in [-0.2, -0.15) is 0 Å². The quantitative estimate of drug-likeness (QED) is 0.848. The fourth-order valence-corrected chi connectivity index (χ4v) is 3.37.